The molecule has 4 bridgehead atoms. The molecule has 4 saturated carbocycles. The minimum atomic E-state index is 0.500. The fraction of sp³-hybridized carbons (Fsp3) is 0.750. The van der Waals surface area contributed by atoms with Crippen LogP contribution in [0.5, 0.6) is 0 Å². The van der Waals surface area contributed by atoms with Gasteiger partial charge >= 0.3 is 0 Å². The van der Waals surface area contributed by atoms with Gasteiger partial charge in [-0.05, 0) is 92.2 Å². The number of nitrogens with zero attached hydrogens (tertiary/aromatic N) is 1. The molecule has 2 nitrogen and oxygen atoms in total. The van der Waals surface area contributed by atoms with Crippen LogP contribution in [0.3, 0.4) is 0 Å². The maximum Gasteiger partial charge on any atom is 0.0525 e. The van der Waals surface area contributed by atoms with E-state index in [1.54, 1.807) is 5.56 Å². The molecule has 0 spiro atoms. The van der Waals surface area contributed by atoms with E-state index in [1.807, 2.05) is 0 Å². The third-order valence-corrected chi connectivity index (χ3v) is 8.53. The summed E-state index contributed by atoms with van der Waals surface area (Å²) in [5, 5.41) is 0. The number of likely N-dealkylation sites (tertiary alicyclic amines) is 1. The van der Waals surface area contributed by atoms with Crippen LogP contribution in [0.2, 0.25) is 0 Å². The second kappa shape index (κ2) is 6.63. The Kier molecular flexibility index (Phi) is 4.40. The Morgan fingerprint density at radius 2 is 1.88 bits per heavy atom. The maximum atomic E-state index is 6.30. The average Bonchev–Trinajstić information content (AvgIpc) is 3.36. The summed E-state index contributed by atoms with van der Waals surface area (Å²) in [5.74, 6) is 2.79. The zero-order chi connectivity index (χ0) is 17.6. The Labute approximate surface area is 159 Å². The van der Waals surface area contributed by atoms with Crippen molar-refractivity contribution >= 4 is 0 Å². The van der Waals surface area contributed by atoms with E-state index in [-0.39, 0.29) is 0 Å². The molecular weight excluding hydrogens is 318 g/mol. The van der Waals surface area contributed by atoms with E-state index in [0.29, 0.717) is 10.8 Å². The largest absolute Gasteiger partial charge is 0.381 e. The Balaban J connectivity index is 1.11. The lowest BCUT2D eigenvalue weighted by molar-refractivity contribution is 0.0288. The molecule has 1 heterocycles. The highest BCUT2D eigenvalue weighted by Gasteiger charge is 2.70. The van der Waals surface area contributed by atoms with Gasteiger partial charge in [-0.2, -0.15) is 0 Å². The molecule has 4 atom stereocenters. The Hall–Kier alpha value is -0.860. The van der Waals surface area contributed by atoms with E-state index in [1.165, 1.54) is 64.6 Å². The topological polar surface area (TPSA) is 12.5 Å². The van der Waals surface area contributed by atoms with Crippen molar-refractivity contribution in [2.45, 2.75) is 57.3 Å². The number of hydrogen-bond acceptors (Lipinski definition) is 2. The van der Waals surface area contributed by atoms with E-state index in [0.717, 1.165) is 31.0 Å². The molecule has 0 aromatic heterocycles. The van der Waals surface area contributed by atoms with Gasteiger partial charge in [0, 0.05) is 13.2 Å². The highest BCUT2D eigenvalue weighted by molar-refractivity contribution is 5.36. The first kappa shape index (κ1) is 17.3. The first-order valence-electron chi connectivity index (χ1n) is 11.1. The van der Waals surface area contributed by atoms with Crippen molar-refractivity contribution in [3.05, 3.63) is 35.9 Å². The standard InChI is InChI=1S/C24H35NO/c1-19-8-11-25(12-9-19)10-5-13-26-18-23-15-22-14-21(23)16-24(22,17-23)20-6-3-2-4-7-20/h2-4,6-7,19,21-22H,5,8-18H2,1H3. The van der Waals surface area contributed by atoms with Crippen molar-refractivity contribution in [1.82, 2.24) is 4.90 Å². The molecule has 0 N–H and O–H groups in total. The van der Waals surface area contributed by atoms with Gasteiger partial charge in [-0.1, -0.05) is 37.3 Å². The molecule has 26 heavy (non-hydrogen) atoms. The zero-order valence-corrected chi connectivity index (χ0v) is 16.5. The minimum absolute atomic E-state index is 0.500. The van der Waals surface area contributed by atoms with E-state index in [2.05, 4.69) is 42.2 Å². The van der Waals surface area contributed by atoms with Gasteiger partial charge in [-0.3, -0.25) is 0 Å². The molecule has 1 aromatic carbocycles. The number of rotatable bonds is 7. The molecule has 4 unspecified atom stereocenters. The zero-order valence-electron chi connectivity index (χ0n) is 16.5. The predicted octanol–water partition coefficient (Wildman–Crippen LogP) is 4.88. The van der Waals surface area contributed by atoms with Gasteiger partial charge in [0.05, 0.1) is 6.61 Å². The summed E-state index contributed by atoms with van der Waals surface area (Å²) < 4.78 is 6.30. The van der Waals surface area contributed by atoms with Crippen LogP contribution in [-0.4, -0.2) is 37.7 Å². The number of piperidine rings is 1. The van der Waals surface area contributed by atoms with Crippen LogP contribution in [0, 0.1) is 23.2 Å². The lowest BCUT2D eigenvalue weighted by Crippen LogP contribution is -2.34. The first-order chi connectivity index (χ1) is 12.7. The average molecular weight is 354 g/mol. The molecule has 0 radical (unpaired) electrons. The predicted molar refractivity (Wildman–Crippen MR) is 106 cm³/mol. The van der Waals surface area contributed by atoms with Crippen molar-refractivity contribution in [1.29, 1.82) is 0 Å². The second-order valence-electron chi connectivity index (χ2n) is 10.0. The lowest BCUT2D eigenvalue weighted by Gasteiger charge is -2.31. The monoisotopic (exact) mass is 353 g/mol. The number of benzene rings is 1. The van der Waals surface area contributed by atoms with E-state index in [9.17, 15) is 0 Å². The fourth-order valence-corrected chi connectivity index (χ4v) is 7.13. The van der Waals surface area contributed by atoms with Gasteiger partial charge < -0.3 is 9.64 Å². The summed E-state index contributed by atoms with van der Waals surface area (Å²) in [6.45, 7) is 8.22. The highest BCUT2D eigenvalue weighted by atomic mass is 16.5. The maximum absolute atomic E-state index is 6.30. The van der Waals surface area contributed by atoms with Crippen LogP contribution >= 0.6 is 0 Å². The molecule has 4 aliphatic carbocycles. The summed E-state index contributed by atoms with van der Waals surface area (Å²) in [4.78, 5) is 2.64. The minimum Gasteiger partial charge on any atom is -0.381 e. The summed E-state index contributed by atoms with van der Waals surface area (Å²) in [7, 11) is 0. The van der Waals surface area contributed by atoms with Gasteiger partial charge in [0.25, 0.3) is 0 Å². The first-order valence-corrected chi connectivity index (χ1v) is 11.1. The third kappa shape index (κ3) is 2.76. The fourth-order valence-electron chi connectivity index (χ4n) is 7.13. The van der Waals surface area contributed by atoms with E-state index >= 15 is 0 Å². The third-order valence-electron chi connectivity index (χ3n) is 8.53. The SMILES string of the molecule is CC1CCN(CCCOCC23CC4CC2CC4(c2ccccc2)C3)CC1. The van der Waals surface area contributed by atoms with Gasteiger partial charge in [0.2, 0.25) is 0 Å². The van der Waals surface area contributed by atoms with E-state index < -0.39 is 0 Å². The second-order valence-corrected chi connectivity index (χ2v) is 10.0. The molecule has 0 amide bonds. The molecular formula is C24H35NO. The van der Waals surface area contributed by atoms with Gasteiger partial charge in [0.15, 0.2) is 0 Å². The molecule has 5 aliphatic rings. The molecule has 2 heteroatoms. The van der Waals surface area contributed by atoms with E-state index in [4.69, 9.17) is 4.74 Å². The Bertz CT molecular complexity index is 622. The van der Waals surface area contributed by atoms with Crippen molar-refractivity contribution in [2.75, 3.05) is 32.8 Å². The molecule has 1 aromatic rings. The van der Waals surface area contributed by atoms with Crippen molar-refractivity contribution < 1.29 is 4.74 Å². The normalized spacial score (nSPS) is 39.3. The summed E-state index contributed by atoms with van der Waals surface area (Å²) in [5.41, 5.74) is 2.63. The summed E-state index contributed by atoms with van der Waals surface area (Å²) >= 11 is 0. The van der Waals surface area contributed by atoms with Crippen LogP contribution in [0.25, 0.3) is 0 Å². The number of ether oxygens (including phenoxy) is 1. The summed E-state index contributed by atoms with van der Waals surface area (Å²) in [6, 6.07) is 11.4. The lowest BCUT2D eigenvalue weighted by atomic mass is 9.74. The van der Waals surface area contributed by atoms with Crippen LogP contribution in [-0.2, 0) is 10.2 Å². The molecule has 142 valence electrons. The quantitative estimate of drug-likeness (QED) is 0.648. The van der Waals surface area contributed by atoms with Gasteiger partial charge in [-0.25, -0.2) is 0 Å². The highest BCUT2D eigenvalue weighted by Crippen LogP contribution is 2.76. The summed E-state index contributed by atoms with van der Waals surface area (Å²) in [6.07, 6.45) is 9.69. The van der Waals surface area contributed by atoms with Crippen molar-refractivity contribution in [3.63, 3.8) is 0 Å². The van der Waals surface area contributed by atoms with Gasteiger partial charge in [-0.15, -0.1) is 0 Å². The Morgan fingerprint density at radius 1 is 1.08 bits per heavy atom. The van der Waals surface area contributed by atoms with Crippen LogP contribution < -0.4 is 0 Å². The van der Waals surface area contributed by atoms with Crippen LogP contribution in [0.1, 0.15) is 57.4 Å². The van der Waals surface area contributed by atoms with Crippen molar-refractivity contribution in [3.8, 4) is 0 Å². The smallest absolute Gasteiger partial charge is 0.0525 e. The number of hydrogen-bond donors (Lipinski definition) is 0. The van der Waals surface area contributed by atoms with Crippen LogP contribution in [0.15, 0.2) is 30.3 Å². The molecule has 1 aliphatic heterocycles. The molecule has 6 rings (SSSR count). The van der Waals surface area contributed by atoms with Crippen molar-refractivity contribution in [2.24, 2.45) is 23.2 Å². The Morgan fingerprint density at radius 3 is 2.62 bits per heavy atom. The van der Waals surface area contributed by atoms with Gasteiger partial charge in [0.1, 0.15) is 0 Å². The molecule has 1 saturated heterocycles. The van der Waals surface area contributed by atoms with Crippen LogP contribution in [0.4, 0.5) is 0 Å². The molecule has 5 fully saturated rings.